The van der Waals surface area contributed by atoms with Crippen molar-refractivity contribution < 1.29 is 14.8 Å². The van der Waals surface area contributed by atoms with Gasteiger partial charge in [-0.25, -0.2) is 5.48 Å². The minimum absolute atomic E-state index is 0.0547. The van der Waals surface area contributed by atoms with Gasteiger partial charge in [0.15, 0.2) is 0 Å². The summed E-state index contributed by atoms with van der Waals surface area (Å²) in [5, 5.41) is 11.7. The SMILES string of the molecule is CC(NC(=O)C1CCN(C)CC1)c1cc(C(=O)NO)cn1C. The zero-order chi connectivity index (χ0) is 16.3. The summed E-state index contributed by atoms with van der Waals surface area (Å²) in [5.41, 5.74) is 2.79. The summed E-state index contributed by atoms with van der Waals surface area (Å²) in [7, 11) is 3.87. The highest BCUT2D eigenvalue weighted by Crippen LogP contribution is 2.20. The summed E-state index contributed by atoms with van der Waals surface area (Å²) < 4.78 is 1.78. The molecule has 1 saturated heterocycles. The van der Waals surface area contributed by atoms with Crippen molar-refractivity contribution in [3.8, 4) is 0 Å². The largest absolute Gasteiger partial charge is 0.352 e. The number of rotatable bonds is 4. The third kappa shape index (κ3) is 3.66. The lowest BCUT2D eigenvalue weighted by Crippen LogP contribution is -2.40. The summed E-state index contributed by atoms with van der Waals surface area (Å²) in [6, 6.07) is 1.47. The van der Waals surface area contributed by atoms with E-state index in [1.165, 1.54) is 0 Å². The normalized spacial score (nSPS) is 18.0. The Labute approximate surface area is 130 Å². The minimum Gasteiger partial charge on any atom is -0.352 e. The molecule has 3 N–H and O–H groups in total. The Hall–Kier alpha value is -1.86. The number of hydrogen-bond donors (Lipinski definition) is 3. The molecule has 0 bridgehead atoms. The van der Waals surface area contributed by atoms with E-state index >= 15 is 0 Å². The van der Waals surface area contributed by atoms with E-state index in [1.54, 1.807) is 22.3 Å². The van der Waals surface area contributed by atoms with Crippen LogP contribution >= 0.6 is 0 Å². The minimum atomic E-state index is -0.560. The molecule has 7 heteroatoms. The third-order valence-corrected chi connectivity index (χ3v) is 4.30. The first-order chi connectivity index (χ1) is 10.4. The predicted octanol–water partition coefficient (Wildman–Crippen LogP) is 0.663. The number of nitrogens with zero attached hydrogens (tertiary/aromatic N) is 2. The van der Waals surface area contributed by atoms with Gasteiger partial charge in [-0.1, -0.05) is 0 Å². The molecule has 1 atom stereocenters. The van der Waals surface area contributed by atoms with E-state index in [0.717, 1.165) is 31.6 Å². The Morgan fingerprint density at radius 2 is 1.95 bits per heavy atom. The molecule has 2 rings (SSSR count). The van der Waals surface area contributed by atoms with E-state index in [9.17, 15) is 9.59 Å². The lowest BCUT2D eigenvalue weighted by molar-refractivity contribution is -0.127. The van der Waals surface area contributed by atoms with Crippen LogP contribution in [0.5, 0.6) is 0 Å². The van der Waals surface area contributed by atoms with E-state index in [4.69, 9.17) is 5.21 Å². The number of likely N-dealkylation sites (tertiary alicyclic amines) is 1. The van der Waals surface area contributed by atoms with Gasteiger partial charge in [0.2, 0.25) is 5.91 Å². The van der Waals surface area contributed by atoms with Crippen LogP contribution in [0.15, 0.2) is 12.3 Å². The van der Waals surface area contributed by atoms with Crippen LogP contribution in [0.3, 0.4) is 0 Å². The molecule has 2 heterocycles. The smallest absolute Gasteiger partial charge is 0.276 e. The first-order valence-corrected chi connectivity index (χ1v) is 7.52. The van der Waals surface area contributed by atoms with Gasteiger partial charge >= 0.3 is 0 Å². The van der Waals surface area contributed by atoms with Crippen molar-refractivity contribution in [1.82, 2.24) is 20.3 Å². The van der Waals surface area contributed by atoms with Crippen molar-refractivity contribution in [2.45, 2.75) is 25.8 Å². The van der Waals surface area contributed by atoms with Gasteiger partial charge in [0.1, 0.15) is 0 Å². The number of hydrogen-bond acceptors (Lipinski definition) is 4. The molecule has 0 spiro atoms. The average molecular weight is 308 g/mol. The summed E-state index contributed by atoms with van der Waals surface area (Å²) in [4.78, 5) is 26.0. The maximum absolute atomic E-state index is 12.3. The number of carbonyl (C=O) groups excluding carboxylic acids is 2. The fourth-order valence-corrected chi connectivity index (χ4v) is 2.88. The summed E-state index contributed by atoms with van der Waals surface area (Å²) in [6.07, 6.45) is 3.37. The Morgan fingerprint density at radius 3 is 2.55 bits per heavy atom. The molecule has 0 saturated carbocycles. The van der Waals surface area contributed by atoms with Crippen LogP contribution in [0.4, 0.5) is 0 Å². The van der Waals surface area contributed by atoms with E-state index in [2.05, 4.69) is 17.3 Å². The van der Waals surface area contributed by atoms with Gasteiger partial charge in [-0.3, -0.25) is 14.8 Å². The second-order valence-corrected chi connectivity index (χ2v) is 6.01. The van der Waals surface area contributed by atoms with Crippen molar-refractivity contribution in [2.75, 3.05) is 20.1 Å². The maximum atomic E-state index is 12.3. The van der Waals surface area contributed by atoms with Crippen molar-refractivity contribution in [3.05, 3.63) is 23.5 Å². The summed E-state index contributed by atoms with van der Waals surface area (Å²) >= 11 is 0. The Morgan fingerprint density at radius 1 is 1.32 bits per heavy atom. The van der Waals surface area contributed by atoms with Crippen molar-refractivity contribution in [2.24, 2.45) is 13.0 Å². The van der Waals surface area contributed by atoms with Gasteiger partial charge in [0.25, 0.3) is 5.91 Å². The predicted molar refractivity (Wildman–Crippen MR) is 81.4 cm³/mol. The average Bonchev–Trinajstić information content (AvgIpc) is 2.89. The topological polar surface area (TPSA) is 86.6 Å². The molecule has 1 fully saturated rings. The number of piperidine rings is 1. The zero-order valence-electron chi connectivity index (χ0n) is 13.3. The molecule has 7 nitrogen and oxygen atoms in total. The molecule has 122 valence electrons. The fraction of sp³-hybridized carbons (Fsp3) is 0.600. The van der Waals surface area contributed by atoms with Crippen LogP contribution in [-0.2, 0) is 11.8 Å². The highest BCUT2D eigenvalue weighted by Gasteiger charge is 2.25. The van der Waals surface area contributed by atoms with Crippen molar-refractivity contribution in [3.63, 3.8) is 0 Å². The second-order valence-electron chi connectivity index (χ2n) is 6.01. The fourth-order valence-electron chi connectivity index (χ4n) is 2.88. The van der Waals surface area contributed by atoms with Crippen LogP contribution in [0.2, 0.25) is 0 Å². The van der Waals surface area contributed by atoms with Crippen LogP contribution in [0.25, 0.3) is 0 Å². The van der Waals surface area contributed by atoms with E-state index < -0.39 is 5.91 Å². The lowest BCUT2D eigenvalue weighted by Gasteiger charge is -2.29. The molecule has 2 amide bonds. The molecule has 0 aromatic carbocycles. The zero-order valence-corrected chi connectivity index (χ0v) is 13.3. The van der Waals surface area contributed by atoms with Crippen LogP contribution < -0.4 is 10.8 Å². The van der Waals surface area contributed by atoms with Crippen LogP contribution in [-0.4, -0.2) is 46.6 Å². The molecule has 0 radical (unpaired) electrons. The molecule has 1 aromatic heterocycles. The number of aryl methyl sites for hydroxylation is 1. The molecule has 1 aliphatic heterocycles. The molecule has 22 heavy (non-hydrogen) atoms. The second kappa shape index (κ2) is 6.93. The monoisotopic (exact) mass is 308 g/mol. The molecule has 1 aliphatic rings. The Balaban J connectivity index is 1.99. The van der Waals surface area contributed by atoms with Gasteiger partial charge in [-0.05, 0) is 46.0 Å². The maximum Gasteiger partial charge on any atom is 0.276 e. The highest BCUT2D eigenvalue weighted by atomic mass is 16.5. The number of nitrogens with one attached hydrogen (secondary N) is 2. The highest BCUT2D eigenvalue weighted by molar-refractivity contribution is 5.93. The van der Waals surface area contributed by atoms with Gasteiger partial charge in [0, 0.05) is 24.9 Å². The van der Waals surface area contributed by atoms with Gasteiger partial charge < -0.3 is 14.8 Å². The van der Waals surface area contributed by atoms with Crippen molar-refractivity contribution in [1.29, 1.82) is 0 Å². The Bertz CT molecular complexity index is 547. The molecule has 1 aromatic rings. The van der Waals surface area contributed by atoms with Gasteiger partial charge in [0.05, 0.1) is 11.6 Å². The Kier molecular flexibility index (Phi) is 5.20. The van der Waals surface area contributed by atoms with Crippen LogP contribution in [0.1, 0.15) is 41.9 Å². The van der Waals surface area contributed by atoms with E-state index in [1.807, 2.05) is 14.0 Å². The van der Waals surface area contributed by atoms with E-state index in [0.29, 0.717) is 5.56 Å². The first kappa shape index (κ1) is 16.5. The third-order valence-electron chi connectivity index (χ3n) is 4.30. The number of carbonyl (C=O) groups is 2. The molecular formula is C15H24N4O3. The van der Waals surface area contributed by atoms with Crippen LogP contribution in [0, 0.1) is 5.92 Å². The number of amides is 2. The van der Waals surface area contributed by atoms with E-state index in [-0.39, 0.29) is 17.9 Å². The first-order valence-electron chi connectivity index (χ1n) is 7.52. The lowest BCUT2D eigenvalue weighted by atomic mass is 9.96. The summed E-state index contributed by atoms with van der Waals surface area (Å²) in [5.74, 6) is -0.440. The molecule has 0 aliphatic carbocycles. The van der Waals surface area contributed by atoms with Gasteiger partial charge in [-0.2, -0.15) is 0 Å². The quantitative estimate of drug-likeness (QED) is 0.563. The van der Waals surface area contributed by atoms with Gasteiger partial charge in [-0.15, -0.1) is 0 Å². The standard InChI is InChI=1S/C15H24N4O3/c1-10(13-8-12(9-19(13)3)15(21)17-22)16-14(20)11-4-6-18(2)7-5-11/h8-11,22H,4-7H2,1-3H3,(H,16,20)(H,17,21). The summed E-state index contributed by atoms with van der Waals surface area (Å²) in [6.45, 7) is 3.78. The number of aromatic nitrogens is 1. The molecule has 1 unspecified atom stereocenters. The number of hydroxylamine groups is 1. The molecular weight excluding hydrogens is 284 g/mol. The van der Waals surface area contributed by atoms with Crippen molar-refractivity contribution >= 4 is 11.8 Å².